The molecule has 7 rings (SSSR count). The van der Waals surface area contributed by atoms with Crippen LogP contribution in [0.2, 0.25) is 0 Å². The molecular weight excluding hydrogens is 591 g/mol. The molecule has 2 aromatic carbocycles. The van der Waals surface area contributed by atoms with Gasteiger partial charge in [-0.2, -0.15) is 0 Å². The number of aryl methyl sites for hydroxylation is 1. The predicted molar refractivity (Wildman–Crippen MR) is 176 cm³/mol. The van der Waals surface area contributed by atoms with Crippen LogP contribution in [0.15, 0.2) is 97.4 Å². The second kappa shape index (κ2) is 13.4. The minimum atomic E-state index is -0.108. The molecule has 8 nitrogen and oxygen atoms in total. The first-order valence-electron chi connectivity index (χ1n) is 15.3. The topological polar surface area (TPSA) is 82.7 Å². The van der Waals surface area contributed by atoms with E-state index in [2.05, 4.69) is 75.6 Å². The molecule has 10 heteroatoms. The number of rotatable bonds is 8. The van der Waals surface area contributed by atoms with E-state index in [0.29, 0.717) is 25.4 Å². The Labute approximate surface area is 266 Å². The minimum absolute atomic E-state index is 0.0620. The summed E-state index contributed by atoms with van der Waals surface area (Å²) >= 11 is 3.62. The fourth-order valence-corrected chi connectivity index (χ4v) is 8.45. The van der Waals surface area contributed by atoms with E-state index in [1.54, 1.807) is 6.20 Å². The van der Waals surface area contributed by atoms with Crippen LogP contribution in [0, 0.1) is 6.92 Å². The quantitative estimate of drug-likeness (QED) is 0.211. The first-order valence-corrected chi connectivity index (χ1v) is 16.9. The van der Waals surface area contributed by atoms with Gasteiger partial charge in [0.05, 0.1) is 31.6 Å². The van der Waals surface area contributed by atoms with E-state index in [9.17, 15) is 4.79 Å². The number of pyridine rings is 2. The molecule has 0 spiro atoms. The highest BCUT2D eigenvalue weighted by molar-refractivity contribution is 8.05. The first-order chi connectivity index (χ1) is 21.6. The summed E-state index contributed by atoms with van der Waals surface area (Å²) < 4.78 is 11.8. The van der Waals surface area contributed by atoms with Crippen LogP contribution in [0.5, 0.6) is 0 Å². The molecule has 5 heterocycles. The molecule has 0 aliphatic carbocycles. The normalized spacial score (nSPS) is 19.2. The van der Waals surface area contributed by atoms with E-state index in [4.69, 9.17) is 14.5 Å². The van der Waals surface area contributed by atoms with Crippen molar-refractivity contribution < 1.29 is 9.47 Å². The Morgan fingerprint density at radius 2 is 1.91 bits per heavy atom. The van der Waals surface area contributed by atoms with Crippen molar-refractivity contribution in [2.24, 2.45) is 0 Å². The number of aromatic amines is 1. The number of nitrogens with one attached hydrogen (secondary N) is 2. The smallest absolute Gasteiger partial charge is 0.271 e. The molecule has 228 valence electrons. The second-order valence-electron chi connectivity index (χ2n) is 11.4. The molecule has 0 radical (unpaired) electrons. The number of hydrogen-bond acceptors (Lipinski definition) is 9. The molecule has 3 aliphatic heterocycles. The number of anilines is 2. The lowest BCUT2D eigenvalue weighted by Crippen LogP contribution is -2.41. The Kier molecular flexibility index (Phi) is 8.95. The average molecular weight is 628 g/mol. The summed E-state index contributed by atoms with van der Waals surface area (Å²) in [6.07, 6.45) is 4.49. The summed E-state index contributed by atoms with van der Waals surface area (Å²) in [5, 5.41) is 3.82. The van der Waals surface area contributed by atoms with Gasteiger partial charge in [0, 0.05) is 70.4 Å². The standard InChI is InChI=1S/C34H37N5O3S2/c1-23-7-9-26(36-21-23)27(11-13-38-14-17-41-18-15-38)37-24-8-10-30-32(20-24)43-31-6-2-4-25(33(31)44-30)29-22-39(16-19-42-29)28-5-3-12-35-34(28)40/h2-10,12,20-21,27,29,37H,11,13-19,22H2,1H3,(H,35,40). The largest absolute Gasteiger partial charge is 0.379 e. The lowest BCUT2D eigenvalue weighted by atomic mass is 10.1. The zero-order valence-electron chi connectivity index (χ0n) is 24.8. The van der Waals surface area contributed by atoms with Crippen LogP contribution in [-0.4, -0.2) is 67.4 Å². The predicted octanol–water partition coefficient (Wildman–Crippen LogP) is 6.15. The van der Waals surface area contributed by atoms with Crippen LogP contribution in [0.3, 0.4) is 0 Å². The second-order valence-corrected chi connectivity index (χ2v) is 13.6. The van der Waals surface area contributed by atoms with Crippen LogP contribution >= 0.6 is 23.5 Å². The third-order valence-corrected chi connectivity index (χ3v) is 11.0. The number of morpholine rings is 2. The highest BCUT2D eigenvalue weighted by Crippen LogP contribution is 2.52. The lowest BCUT2D eigenvalue weighted by molar-refractivity contribution is 0.0368. The Hall–Kier alpha value is -3.28. The van der Waals surface area contributed by atoms with Gasteiger partial charge in [0.2, 0.25) is 0 Å². The van der Waals surface area contributed by atoms with Gasteiger partial charge in [0.15, 0.2) is 0 Å². The third-order valence-electron chi connectivity index (χ3n) is 8.41. The van der Waals surface area contributed by atoms with Gasteiger partial charge in [-0.15, -0.1) is 0 Å². The number of ether oxygens (including phenoxy) is 2. The van der Waals surface area contributed by atoms with Gasteiger partial charge in [0.1, 0.15) is 11.8 Å². The number of benzene rings is 2. The van der Waals surface area contributed by atoms with Gasteiger partial charge in [-0.3, -0.25) is 14.7 Å². The molecule has 0 saturated carbocycles. The molecule has 2 unspecified atom stereocenters. The van der Waals surface area contributed by atoms with Gasteiger partial charge in [-0.1, -0.05) is 41.7 Å². The number of nitrogens with zero attached hydrogens (tertiary/aromatic N) is 3. The molecule has 4 aromatic rings. The summed E-state index contributed by atoms with van der Waals surface area (Å²) in [4.78, 5) is 29.6. The van der Waals surface area contributed by atoms with E-state index < -0.39 is 0 Å². The van der Waals surface area contributed by atoms with Crippen molar-refractivity contribution >= 4 is 34.9 Å². The molecule has 0 amide bonds. The monoisotopic (exact) mass is 627 g/mol. The summed E-state index contributed by atoms with van der Waals surface area (Å²) in [7, 11) is 0. The van der Waals surface area contributed by atoms with Crippen molar-refractivity contribution in [3.63, 3.8) is 0 Å². The Morgan fingerprint density at radius 1 is 1.00 bits per heavy atom. The summed E-state index contributed by atoms with van der Waals surface area (Å²) in [6.45, 7) is 8.58. The number of H-pyrrole nitrogens is 1. The zero-order valence-corrected chi connectivity index (χ0v) is 26.5. The molecule has 2 N–H and O–H groups in total. The summed E-state index contributed by atoms with van der Waals surface area (Å²) in [5.41, 5.74) is 5.15. The van der Waals surface area contributed by atoms with Crippen LogP contribution in [-0.2, 0) is 9.47 Å². The molecule has 2 atom stereocenters. The van der Waals surface area contributed by atoms with Crippen LogP contribution in [0.1, 0.15) is 35.4 Å². The Bertz CT molecular complexity index is 1660. The Morgan fingerprint density at radius 3 is 2.75 bits per heavy atom. The molecule has 0 bridgehead atoms. The number of fused-ring (bicyclic) bond motifs is 2. The van der Waals surface area contributed by atoms with Crippen molar-refractivity contribution in [3.8, 4) is 0 Å². The van der Waals surface area contributed by atoms with Crippen molar-refractivity contribution in [1.29, 1.82) is 0 Å². The number of hydrogen-bond donors (Lipinski definition) is 2. The van der Waals surface area contributed by atoms with Gasteiger partial charge in [0.25, 0.3) is 5.56 Å². The van der Waals surface area contributed by atoms with Gasteiger partial charge < -0.3 is 24.7 Å². The van der Waals surface area contributed by atoms with E-state index in [1.807, 2.05) is 41.9 Å². The van der Waals surface area contributed by atoms with Crippen LogP contribution < -0.4 is 15.8 Å². The van der Waals surface area contributed by atoms with Gasteiger partial charge >= 0.3 is 0 Å². The van der Waals surface area contributed by atoms with Crippen molar-refractivity contribution in [3.05, 3.63) is 100 Å². The fourth-order valence-electron chi connectivity index (χ4n) is 6.00. The molecule has 2 saturated heterocycles. The maximum atomic E-state index is 12.5. The zero-order chi connectivity index (χ0) is 29.9. The van der Waals surface area contributed by atoms with E-state index in [-0.39, 0.29) is 17.7 Å². The van der Waals surface area contributed by atoms with Gasteiger partial charge in [-0.05, 0) is 66.9 Å². The van der Waals surface area contributed by atoms with Crippen LogP contribution in [0.25, 0.3) is 0 Å². The first kappa shape index (κ1) is 29.4. The van der Waals surface area contributed by atoms with E-state index >= 15 is 0 Å². The van der Waals surface area contributed by atoms with E-state index in [0.717, 1.165) is 50.7 Å². The third kappa shape index (κ3) is 6.55. The molecule has 3 aliphatic rings. The van der Waals surface area contributed by atoms with Crippen molar-refractivity contribution in [1.82, 2.24) is 14.9 Å². The molecule has 2 fully saturated rings. The van der Waals surface area contributed by atoms with Crippen molar-refractivity contribution in [2.75, 3.05) is 62.8 Å². The highest BCUT2D eigenvalue weighted by atomic mass is 32.2. The maximum absolute atomic E-state index is 12.5. The minimum Gasteiger partial charge on any atom is -0.379 e. The van der Waals surface area contributed by atoms with E-state index in [1.165, 1.54) is 30.7 Å². The molecule has 2 aromatic heterocycles. The lowest BCUT2D eigenvalue weighted by Gasteiger charge is -2.35. The fraction of sp³-hybridized carbons (Fsp3) is 0.353. The Balaban J connectivity index is 1.09. The molecule has 44 heavy (non-hydrogen) atoms. The van der Waals surface area contributed by atoms with Crippen LogP contribution in [0.4, 0.5) is 11.4 Å². The van der Waals surface area contributed by atoms with Gasteiger partial charge in [-0.25, -0.2) is 0 Å². The summed E-state index contributed by atoms with van der Waals surface area (Å²) in [6, 6.07) is 21.4. The number of aromatic nitrogens is 2. The van der Waals surface area contributed by atoms with Crippen molar-refractivity contribution in [2.45, 2.75) is 45.1 Å². The maximum Gasteiger partial charge on any atom is 0.271 e. The SMILES string of the molecule is Cc1ccc(C(CCN2CCOCC2)Nc2ccc3c(c2)Sc2cccc(C4CN(c5ccc[nH]c5=O)CCO4)c2S3)nc1. The average Bonchev–Trinajstić information content (AvgIpc) is 3.06. The summed E-state index contributed by atoms with van der Waals surface area (Å²) in [5.74, 6) is 0. The highest BCUT2D eigenvalue weighted by Gasteiger charge is 2.29. The molecular formula is C34H37N5O3S2.